The van der Waals surface area contributed by atoms with Crippen molar-refractivity contribution >= 4 is 23.2 Å². The molecular formula is C14H15N3O5S. The van der Waals surface area contributed by atoms with E-state index in [-0.39, 0.29) is 31.9 Å². The zero-order valence-corrected chi connectivity index (χ0v) is 13.0. The number of carbonyl (C=O) groups is 2. The summed E-state index contributed by atoms with van der Waals surface area (Å²) in [5, 5.41) is 16.8. The first-order chi connectivity index (χ1) is 11.1. The molecule has 23 heavy (non-hydrogen) atoms. The van der Waals surface area contributed by atoms with Gasteiger partial charge in [0.25, 0.3) is 0 Å². The SMILES string of the molecule is O=C(O)[C@@H]1COCCN1C(=O)CCc1nc(-c2ccsc2)no1. The third-order valence-corrected chi connectivity index (χ3v) is 4.22. The first-order valence-corrected chi connectivity index (χ1v) is 8.04. The van der Waals surface area contributed by atoms with E-state index in [1.165, 1.54) is 16.2 Å². The summed E-state index contributed by atoms with van der Waals surface area (Å²) < 4.78 is 10.2. The normalized spacial score (nSPS) is 18.1. The molecule has 3 rings (SSSR count). The first kappa shape index (κ1) is 15.6. The molecule has 0 saturated carbocycles. The van der Waals surface area contributed by atoms with Crippen LogP contribution in [0.15, 0.2) is 21.3 Å². The predicted molar refractivity (Wildman–Crippen MR) is 79.9 cm³/mol. The van der Waals surface area contributed by atoms with Crippen molar-refractivity contribution in [1.29, 1.82) is 0 Å². The molecule has 0 aliphatic carbocycles. The topological polar surface area (TPSA) is 106 Å². The lowest BCUT2D eigenvalue weighted by molar-refractivity contribution is -0.158. The Kier molecular flexibility index (Phi) is 4.68. The Morgan fingerprint density at radius 1 is 1.48 bits per heavy atom. The molecule has 1 aliphatic heterocycles. The number of ether oxygens (including phenoxy) is 1. The minimum atomic E-state index is -1.06. The van der Waals surface area contributed by atoms with Gasteiger partial charge in [0.2, 0.25) is 17.6 Å². The zero-order chi connectivity index (χ0) is 16.2. The Labute approximate surface area is 135 Å². The van der Waals surface area contributed by atoms with E-state index in [2.05, 4.69) is 10.1 Å². The molecule has 1 N–H and O–H groups in total. The monoisotopic (exact) mass is 337 g/mol. The van der Waals surface area contributed by atoms with Gasteiger partial charge >= 0.3 is 5.97 Å². The Morgan fingerprint density at radius 2 is 2.35 bits per heavy atom. The smallest absolute Gasteiger partial charge is 0.328 e. The summed E-state index contributed by atoms with van der Waals surface area (Å²) in [6.45, 7) is 0.641. The number of carbonyl (C=O) groups excluding carboxylic acids is 1. The molecule has 1 atom stereocenters. The maximum Gasteiger partial charge on any atom is 0.328 e. The molecule has 0 radical (unpaired) electrons. The molecule has 2 aromatic heterocycles. The minimum Gasteiger partial charge on any atom is -0.480 e. The second-order valence-corrected chi connectivity index (χ2v) is 5.82. The number of morpholine rings is 1. The van der Waals surface area contributed by atoms with E-state index in [0.29, 0.717) is 18.3 Å². The standard InChI is InChI=1S/C14H15N3O5S/c18-12(17-4-5-21-7-10(17)14(19)20)2-1-11-15-13(16-22-11)9-3-6-23-8-9/h3,6,8,10H,1-2,4-5,7H2,(H,19,20)/t10-/m0/s1. The quantitative estimate of drug-likeness (QED) is 0.869. The molecule has 1 fully saturated rings. The van der Waals surface area contributed by atoms with Crippen molar-refractivity contribution < 1.29 is 24.0 Å². The first-order valence-electron chi connectivity index (χ1n) is 7.10. The highest BCUT2D eigenvalue weighted by Gasteiger charge is 2.32. The molecule has 0 unspecified atom stereocenters. The van der Waals surface area contributed by atoms with E-state index in [0.717, 1.165) is 5.56 Å². The fraction of sp³-hybridized carbons (Fsp3) is 0.429. The molecular weight excluding hydrogens is 322 g/mol. The van der Waals surface area contributed by atoms with Gasteiger partial charge in [-0.3, -0.25) is 4.79 Å². The highest BCUT2D eigenvalue weighted by molar-refractivity contribution is 7.08. The summed E-state index contributed by atoms with van der Waals surface area (Å²) in [6, 6.07) is 0.954. The van der Waals surface area contributed by atoms with Crippen molar-refractivity contribution in [3.63, 3.8) is 0 Å². The Morgan fingerprint density at radius 3 is 3.09 bits per heavy atom. The van der Waals surface area contributed by atoms with Gasteiger partial charge in [0.1, 0.15) is 0 Å². The summed E-state index contributed by atoms with van der Waals surface area (Å²) in [6.07, 6.45) is 0.398. The summed E-state index contributed by atoms with van der Waals surface area (Å²) in [7, 11) is 0. The van der Waals surface area contributed by atoms with Crippen molar-refractivity contribution in [3.05, 3.63) is 22.7 Å². The average molecular weight is 337 g/mol. The summed E-state index contributed by atoms with van der Waals surface area (Å²) in [4.78, 5) is 29.0. The summed E-state index contributed by atoms with van der Waals surface area (Å²) >= 11 is 1.53. The largest absolute Gasteiger partial charge is 0.480 e. The van der Waals surface area contributed by atoms with Crippen molar-refractivity contribution in [2.24, 2.45) is 0 Å². The number of hydrogen-bond donors (Lipinski definition) is 1. The lowest BCUT2D eigenvalue weighted by Crippen LogP contribution is -2.52. The number of aromatic nitrogens is 2. The van der Waals surface area contributed by atoms with Gasteiger partial charge in [0.05, 0.1) is 13.2 Å². The second kappa shape index (κ2) is 6.88. The number of hydrogen-bond acceptors (Lipinski definition) is 7. The van der Waals surface area contributed by atoms with Gasteiger partial charge in [-0.05, 0) is 11.4 Å². The molecule has 8 nitrogen and oxygen atoms in total. The second-order valence-electron chi connectivity index (χ2n) is 5.04. The average Bonchev–Trinajstić information content (AvgIpc) is 3.23. The molecule has 0 spiro atoms. The van der Waals surface area contributed by atoms with E-state index >= 15 is 0 Å². The van der Waals surface area contributed by atoms with Gasteiger partial charge in [0, 0.05) is 30.3 Å². The Balaban J connectivity index is 1.59. The van der Waals surface area contributed by atoms with Crippen molar-refractivity contribution in [1.82, 2.24) is 15.0 Å². The highest BCUT2D eigenvalue weighted by Crippen LogP contribution is 2.19. The van der Waals surface area contributed by atoms with E-state index in [1.54, 1.807) is 0 Å². The van der Waals surface area contributed by atoms with Crippen molar-refractivity contribution in [2.75, 3.05) is 19.8 Å². The molecule has 0 bridgehead atoms. The van der Waals surface area contributed by atoms with Crippen LogP contribution in [0.5, 0.6) is 0 Å². The number of aryl methyl sites for hydroxylation is 1. The number of nitrogens with zero attached hydrogens (tertiary/aromatic N) is 3. The van der Waals surface area contributed by atoms with E-state index in [1.807, 2.05) is 16.8 Å². The zero-order valence-electron chi connectivity index (χ0n) is 12.2. The van der Waals surface area contributed by atoms with Crippen LogP contribution in [0, 0.1) is 0 Å². The van der Waals surface area contributed by atoms with Crippen molar-refractivity contribution in [2.45, 2.75) is 18.9 Å². The maximum atomic E-state index is 12.2. The van der Waals surface area contributed by atoms with Crippen LogP contribution in [-0.4, -0.2) is 57.8 Å². The molecule has 1 aliphatic rings. The van der Waals surface area contributed by atoms with Crippen LogP contribution in [0.2, 0.25) is 0 Å². The predicted octanol–water partition coefficient (Wildman–Crippen LogP) is 1.04. The fourth-order valence-electron chi connectivity index (χ4n) is 2.33. The molecule has 122 valence electrons. The maximum absolute atomic E-state index is 12.2. The van der Waals surface area contributed by atoms with E-state index in [4.69, 9.17) is 14.4 Å². The number of thiophene rings is 1. The van der Waals surface area contributed by atoms with Gasteiger partial charge in [-0.1, -0.05) is 5.16 Å². The molecule has 9 heteroatoms. The Hall–Kier alpha value is -2.26. The number of rotatable bonds is 5. The van der Waals surface area contributed by atoms with Crippen LogP contribution < -0.4 is 0 Å². The van der Waals surface area contributed by atoms with Crippen LogP contribution in [0.1, 0.15) is 12.3 Å². The van der Waals surface area contributed by atoms with Crippen LogP contribution in [-0.2, 0) is 20.7 Å². The summed E-state index contributed by atoms with van der Waals surface area (Å²) in [5.74, 6) is -0.463. The van der Waals surface area contributed by atoms with Crippen molar-refractivity contribution in [3.8, 4) is 11.4 Å². The van der Waals surface area contributed by atoms with Gasteiger partial charge in [-0.15, -0.1) is 0 Å². The number of amides is 1. The Bertz CT molecular complexity index is 684. The molecule has 0 aromatic carbocycles. The lowest BCUT2D eigenvalue weighted by Gasteiger charge is -2.32. The van der Waals surface area contributed by atoms with Crippen LogP contribution >= 0.6 is 11.3 Å². The minimum absolute atomic E-state index is 0.0178. The van der Waals surface area contributed by atoms with Gasteiger partial charge in [0.15, 0.2) is 6.04 Å². The fourth-order valence-corrected chi connectivity index (χ4v) is 2.96. The molecule has 1 amide bonds. The van der Waals surface area contributed by atoms with E-state index < -0.39 is 12.0 Å². The highest BCUT2D eigenvalue weighted by atomic mass is 32.1. The molecule has 2 aromatic rings. The number of carboxylic acids is 1. The number of carboxylic acid groups (broad SMARTS) is 1. The summed E-state index contributed by atoms with van der Waals surface area (Å²) in [5.41, 5.74) is 0.871. The number of aliphatic carboxylic acids is 1. The van der Waals surface area contributed by atoms with Gasteiger partial charge in [-0.25, -0.2) is 4.79 Å². The molecule has 3 heterocycles. The lowest BCUT2D eigenvalue weighted by atomic mass is 10.2. The van der Waals surface area contributed by atoms with Crippen LogP contribution in [0.4, 0.5) is 0 Å². The van der Waals surface area contributed by atoms with Crippen LogP contribution in [0.3, 0.4) is 0 Å². The third-order valence-electron chi connectivity index (χ3n) is 3.53. The molecule has 1 saturated heterocycles. The van der Waals surface area contributed by atoms with E-state index in [9.17, 15) is 9.59 Å². The third kappa shape index (κ3) is 3.57. The van der Waals surface area contributed by atoms with Gasteiger partial charge in [-0.2, -0.15) is 16.3 Å². The van der Waals surface area contributed by atoms with Gasteiger partial charge < -0.3 is 19.3 Å². The van der Waals surface area contributed by atoms with Crippen LogP contribution in [0.25, 0.3) is 11.4 Å².